The molecule has 21 heavy (non-hydrogen) atoms. The molecule has 0 saturated carbocycles. The summed E-state index contributed by atoms with van der Waals surface area (Å²) in [5.74, 6) is -0.612. The second-order valence-corrected chi connectivity index (χ2v) is 7.25. The number of benzene rings is 1. The molecule has 2 N–H and O–H groups in total. The first kappa shape index (κ1) is 15.9. The van der Waals surface area contributed by atoms with Crippen LogP contribution in [0, 0.1) is 5.82 Å². The van der Waals surface area contributed by atoms with Gasteiger partial charge in [0, 0.05) is 13.2 Å². The molecule has 1 aromatic heterocycles. The maximum atomic E-state index is 13.4. The van der Waals surface area contributed by atoms with Gasteiger partial charge in [-0.25, -0.2) is 12.8 Å². The molecule has 0 saturated heterocycles. The summed E-state index contributed by atoms with van der Waals surface area (Å²) in [5.41, 5.74) is 6.09. The highest BCUT2D eigenvalue weighted by Crippen LogP contribution is 2.28. The van der Waals surface area contributed by atoms with Crippen LogP contribution in [0.3, 0.4) is 0 Å². The Kier molecular flexibility index (Phi) is 4.60. The molecule has 1 heterocycles. The van der Waals surface area contributed by atoms with Gasteiger partial charge >= 0.3 is 0 Å². The molecule has 0 aliphatic rings. The summed E-state index contributed by atoms with van der Waals surface area (Å²) in [7, 11) is -2.42. The van der Waals surface area contributed by atoms with Gasteiger partial charge in [0.1, 0.15) is 10.7 Å². The van der Waals surface area contributed by atoms with E-state index >= 15 is 0 Å². The van der Waals surface area contributed by atoms with Crippen molar-refractivity contribution in [2.24, 2.45) is 0 Å². The van der Waals surface area contributed by atoms with E-state index in [0.29, 0.717) is 5.69 Å². The van der Waals surface area contributed by atoms with E-state index in [9.17, 15) is 12.8 Å². The minimum absolute atomic E-state index is 0.0431. The Morgan fingerprint density at radius 2 is 2.10 bits per heavy atom. The molecule has 0 amide bonds. The molecule has 0 atom stereocenters. The molecular weight excluding hydrogens is 361 g/mol. The van der Waals surface area contributed by atoms with E-state index in [4.69, 9.17) is 5.73 Å². The number of rotatable bonds is 4. The predicted molar refractivity (Wildman–Crippen MR) is 81.4 cm³/mol. The van der Waals surface area contributed by atoms with Gasteiger partial charge in [-0.2, -0.15) is 4.31 Å². The molecule has 0 fully saturated rings. The van der Waals surface area contributed by atoms with Crippen LogP contribution in [0.25, 0.3) is 0 Å². The van der Waals surface area contributed by atoms with E-state index in [1.807, 2.05) is 0 Å². The molecule has 0 spiro atoms. The van der Waals surface area contributed by atoms with Crippen LogP contribution in [0.1, 0.15) is 5.69 Å². The summed E-state index contributed by atoms with van der Waals surface area (Å²) in [5, 5.41) is 0. The molecule has 0 aliphatic heterocycles. The Morgan fingerprint density at radius 1 is 1.38 bits per heavy atom. The summed E-state index contributed by atoms with van der Waals surface area (Å²) >= 11 is 2.96. The van der Waals surface area contributed by atoms with Crippen molar-refractivity contribution in [3.63, 3.8) is 0 Å². The quantitative estimate of drug-likeness (QED) is 0.834. The zero-order chi connectivity index (χ0) is 15.6. The Hall–Kier alpha value is -1.51. The minimum Gasteiger partial charge on any atom is -0.398 e. The van der Waals surface area contributed by atoms with Gasteiger partial charge in [-0.05, 0) is 40.2 Å². The lowest BCUT2D eigenvalue weighted by atomic mass is 10.3. The molecule has 0 aliphatic carbocycles. The van der Waals surface area contributed by atoms with Crippen molar-refractivity contribution >= 4 is 31.6 Å². The van der Waals surface area contributed by atoms with Gasteiger partial charge in [-0.3, -0.25) is 4.98 Å². The van der Waals surface area contributed by atoms with Crippen molar-refractivity contribution in [3.05, 3.63) is 52.5 Å². The van der Waals surface area contributed by atoms with Gasteiger partial charge in [-0.1, -0.05) is 6.07 Å². The Morgan fingerprint density at radius 3 is 2.71 bits per heavy atom. The number of hydrogen-bond acceptors (Lipinski definition) is 4. The summed E-state index contributed by atoms with van der Waals surface area (Å²) in [6.07, 6.45) is 1.58. The fourth-order valence-corrected chi connectivity index (χ4v) is 3.50. The lowest BCUT2D eigenvalue weighted by Crippen LogP contribution is -2.27. The van der Waals surface area contributed by atoms with Crippen molar-refractivity contribution in [2.75, 3.05) is 12.8 Å². The van der Waals surface area contributed by atoms with Crippen molar-refractivity contribution in [1.82, 2.24) is 9.29 Å². The standard InChI is InChI=1S/C13H13BrFN3O2S/c1-18(8-9-4-2-3-5-17-9)21(19,20)13-6-10(14)11(15)7-12(13)16/h2-7H,8,16H2,1H3. The first-order valence-electron chi connectivity index (χ1n) is 5.93. The van der Waals surface area contributed by atoms with Crippen molar-refractivity contribution in [3.8, 4) is 0 Å². The fraction of sp³-hybridized carbons (Fsp3) is 0.154. The molecule has 0 unspecified atom stereocenters. The van der Waals surface area contributed by atoms with Crippen LogP contribution < -0.4 is 5.73 Å². The maximum Gasteiger partial charge on any atom is 0.245 e. The normalized spacial score (nSPS) is 11.8. The average molecular weight is 374 g/mol. The topological polar surface area (TPSA) is 76.3 Å². The lowest BCUT2D eigenvalue weighted by molar-refractivity contribution is 0.462. The molecule has 2 rings (SSSR count). The van der Waals surface area contributed by atoms with Crippen LogP contribution >= 0.6 is 15.9 Å². The van der Waals surface area contributed by atoms with Gasteiger partial charge in [0.2, 0.25) is 10.0 Å². The first-order valence-corrected chi connectivity index (χ1v) is 8.16. The van der Waals surface area contributed by atoms with Crippen molar-refractivity contribution in [1.29, 1.82) is 0 Å². The number of aromatic nitrogens is 1. The van der Waals surface area contributed by atoms with E-state index in [0.717, 1.165) is 16.4 Å². The second kappa shape index (κ2) is 6.08. The fourth-order valence-electron chi connectivity index (χ4n) is 1.74. The molecule has 112 valence electrons. The number of nitrogen functional groups attached to an aromatic ring is 1. The van der Waals surface area contributed by atoms with Crippen LogP contribution in [0.2, 0.25) is 0 Å². The highest BCUT2D eigenvalue weighted by Gasteiger charge is 2.25. The largest absolute Gasteiger partial charge is 0.398 e. The third-order valence-corrected chi connectivity index (χ3v) is 5.32. The minimum atomic E-state index is -3.84. The van der Waals surface area contributed by atoms with Gasteiger partial charge in [-0.15, -0.1) is 0 Å². The summed E-state index contributed by atoms with van der Waals surface area (Å²) in [6, 6.07) is 7.37. The molecule has 1 aromatic carbocycles. The van der Waals surface area contributed by atoms with Crippen LogP contribution in [0.5, 0.6) is 0 Å². The van der Waals surface area contributed by atoms with Gasteiger partial charge < -0.3 is 5.73 Å². The third-order valence-electron chi connectivity index (χ3n) is 2.85. The smallest absolute Gasteiger partial charge is 0.245 e. The van der Waals surface area contributed by atoms with E-state index in [1.165, 1.54) is 7.05 Å². The zero-order valence-electron chi connectivity index (χ0n) is 11.1. The summed E-state index contributed by atoms with van der Waals surface area (Å²) < 4.78 is 39.5. The first-order chi connectivity index (χ1) is 9.82. The molecule has 8 heteroatoms. The van der Waals surface area contributed by atoms with Crippen LogP contribution in [-0.2, 0) is 16.6 Å². The number of sulfonamides is 1. The van der Waals surface area contributed by atoms with Gasteiger partial charge in [0.05, 0.1) is 22.4 Å². The highest BCUT2D eigenvalue weighted by molar-refractivity contribution is 9.10. The number of nitrogens with two attached hydrogens (primary N) is 1. The SMILES string of the molecule is CN(Cc1ccccn1)S(=O)(=O)c1cc(Br)c(F)cc1N. The van der Waals surface area contributed by atoms with Crippen molar-refractivity contribution < 1.29 is 12.8 Å². The van der Waals surface area contributed by atoms with Crippen molar-refractivity contribution in [2.45, 2.75) is 11.4 Å². The molecule has 0 bridgehead atoms. The number of hydrogen-bond donors (Lipinski definition) is 1. The Bertz CT molecular complexity index is 754. The second-order valence-electron chi connectivity index (χ2n) is 4.39. The van der Waals surface area contributed by atoms with Crippen LogP contribution in [0.15, 0.2) is 45.9 Å². The maximum absolute atomic E-state index is 13.4. The zero-order valence-corrected chi connectivity index (χ0v) is 13.5. The molecule has 5 nitrogen and oxygen atoms in total. The van der Waals surface area contributed by atoms with E-state index in [2.05, 4.69) is 20.9 Å². The monoisotopic (exact) mass is 373 g/mol. The van der Waals surface area contributed by atoms with Gasteiger partial charge in [0.15, 0.2) is 0 Å². The number of anilines is 1. The average Bonchev–Trinajstić information content (AvgIpc) is 2.43. The van der Waals surface area contributed by atoms with Gasteiger partial charge in [0.25, 0.3) is 0 Å². The van der Waals surface area contributed by atoms with E-state index in [1.54, 1.807) is 24.4 Å². The van der Waals surface area contributed by atoms with E-state index in [-0.39, 0.29) is 21.6 Å². The van der Waals surface area contributed by atoms with Crippen LogP contribution in [0.4, 0.5) is 10.1 Å². The predicted octanol–water partition coefficient (Wildman–Crippen LogP) is 2.39. The molecular formula is C13H13BrFN3O2S. The number of nitrogens with zero attached hydrogens (tertiary/aromatic N) is 2. The lowest BCUT2D eigenvalue weighted by Gasteiger charge is -2.18. The summed E-state index contributed by atoms with van der Waals surface area (Å²) in [4.78, 5) is 3.93. The highest BCUT2D eigenvalue weighted by atomic mass is 79.9. The Labute approximate surface area is 130 Å². The summed E-state index contributed by atoms with van der Waals surface area (Å²) in [6.45, 7) is 0.0949. The van der Waals surface area contributed by atoms with E-state index < -0.39 is 15.8 Å². The molecule has 0 radical (unpaired) electrons. The Balaban J connectivity index is 2.36. The number of pyridine rings is 1. The number of halogens is 2. The van der Waals surface area contributed by atoms with Crippen LogP contribution in [-0.4, -0.2) is 24.8 Å². The molecule has 2 aromatic rings. The third kappa shape index (κ3) is 3.39.